The molecule has 4 nitrogen and oxygen atoms in total. The Morgan fingerprint density at radius 2 is 1.93 bits per heavy atom. The van der Waals surface area contributed by atoms with E-state index in [1.54, 1.807) is 25.4 Å². The molecule has 3 aromatic rings. The number of methoxy groups -OCH3 is 1. The molecule has 0 saturated carbocycles. The van der Waals surface area contributed by atoms with Crippen LogP contribution in [0.25, 0.3) is 21.8 Å². The first-order valence-electron chi connectivity index (χ1n) is 9.02. The summed E-state index contributed by atoms with van der Waals surface area (Å²) >= 11 is 1.62. The zero-order valence-electron chi connectivity index (χ0n) is 15.9. The van der Waals surface area contributed by atoms with Gasteiger partial charge in [0.15, 0.2) is 0 Å². The van der Waals surface area contributed by atoms with Gasteiger partial charge in [-0.3, -0.25) is 4.79 Å². The molecule has 0 saturated heterocycles. The second-order valence-electron chi connectivity index (χ2n) is 6.58. The minimum Gasteiger partial charge on any atom is -0.496 e. The molecule has 0 aliphatic rings. The van der Waals surface area contributed by atoms with E-state index in [1.165, 1.54) is 5.56 Å². The molecule has 5 heteroatoms. The second kappa shape index (κ2) is 8.82. The summed E-state index contributed by atoms with van der Waals surface area (Å²) < 4.78 is 5.44. The third kappa shape index (κ3) is 4.95. The molecule has 0 aliphatic heterocycles. The van der Waals surface area contributed by atoms with Crippen molar-refractivity contribution in [2.75, 3.05) is 7.11 Å². The molecular weight excluding hydrogens is 356 g/mol. The van der Waals surface area contributed by atoms with E-state index in [4.69, 9.17) is 9.72 Å². The van der Waals surface area contributed by atoms with E-state index in [0.29, 0.717) is 0 Å². The first-order chi connectivity index (χ1) is 13.1. The van der Waals surface area contributed by atoms with Crippen molar-refractivity contribution in [3.05, 3.63) is 59.5 Å². The highest BCUT2D eigenvalue weighted by Gasteiger charge is 2.11. The predicted octanol–water partition coefficient (Wildman–Crippen LogP) is 4.94. The minimum atomic E-state index is 0.0206. The summed E-state index contributed by atoms with van der Waals surface area (Å²) in [6.07, 6.45) is 1.86. The number of para-hydroxylation sites is 1. The highest BCUT2D eigenvalue weighted by molar-refractivity contribution is 7.13. The summed E-state index contributed by atoms with van der Waals surface area (Å²) in [5.41, 5.74) is 4.35. The number of rotatable bonds is 7. The molecule has 0 aliphatic carbocycles. The van der Waals surface area contributed by atoms with E-state index in [1.807, 2.05) is 31.2 Å². The van der Waals surface area contributed by atoms with E-state index in [9.17, 15) is 4.79 Å². The molecule has 140 valence electrons. The topological polar surface area (TPSA) is 51.2 Å². The fraction of sp³-hybridized carbons (Fsp3) is 0.273. The lowest BCUT2D eigenvalue weighted by Crippen LogP contribution is -2.30. The zero-order chi connectivity index (χ0) is 19.2. The third-order valence-electron chi connectivity index (χ3n) is 4.41. The molecule has 0 spiro atoms. The molecule has 1 aromatic heterocycles. The molecule has 0 radical (unpaired) electrons. The van der Waals surface area contributed by atoms with Crippen molar-refractivity contribution < 1.29 is 9.53 Å². The molecular formula is C22H24N2O2S. The molecule has 1 atom stereocenters. The van der Waals surface area contributed by atoms with Crippen molar-refractivity contribution >= 4 is 17.2 Å². The number of thiazole rings is 1. The van der Waals surface area contributed by atoms with Gasteiger partial charge in [-0.1, -0.05) is 36.4 Å². The number of amides is 1. The summed E-state index contributed by atoms with van der Waals surface area (Å²) in [6, 6.07) is 16.6. The lowest BCUT2D eigenvalue weighted by atomic mass is 10.0. The molecule has 1 N–H and O–H groups in total. The number of carbonyl (C=O) groups is 1. The van der Waals surface area contributed by atoms with Crippen LogP contribution in [0.2, 0.25) is 0 Å². The van der Waals surface area contributed by atoms with E-state index < -0.39 is 0 Å². The van der Waals surface area contributed by atoms with Crippen LogP contribution in [0.3, 0.4) is 0 Å². The van der Waals surface area contributed by atoms with Gasteiger partial charge in [-0.2, -0.15) is 0 Å². The maximum absolute atomic E-state index is 11.1. The van der Waals surface area contributed by atoms with Crippen molar-refractivity contribution in [1.82, 2.24) is 10.3 Å². The van der Waals surface area contributed by atoms with E-state index in [2.05, 4.69) is 35.0 Å². The number of hydrogen-bond acceptors (Lipinski definition) is 4. The average Bonchev–Trinajstić information content (AvgIpc) is 3.16. The summed E-state index contributed by atoms with van der Waals surface area (Å²) in [5, 5.41) is 5.95. The van der Waals surface area contributed by atoms with Crippen LogP contribution in [-0.4, -0.2) is 24.0 Å². The van der Waals surface area contributed by atoms with Crippen molar-refractivity contribution in [1.29, 1.82) is 0 Å². The van der Waals surface area contributed by atoms with Gasteiger partial charge < -0.3 is 10.1 Å². The molecule has 0 fully saturated rings. The number of carbonyl (C=O) groups excluding carboxylic acids is 1. The van der Waals surface area contributed by atoms with Gasteiger partial charge in [0.25, 0.3) is 0 Å². The minimum absolute atomic E-state index is 0.0206. The number of hydrogen-bond donors (Lipinski definition) is 1. The summed E-state index contributed by atoms with van der Waals surface area (Å²) in [5.74, 6) is 0.856. The molecule has 1 heterocycles. The smallest absolute Gasteiger partial charge is 0.217 e. The number of aryl methyl sites for hydroxylation is 1. The van der Waals surface area contributed by atoms with Crippen LogP contribution in [0.5, 0.6) is 5.75 Å². The van der Waals surface area contributed by atoms with E-state index in [0.717, 1.165) is 40.4 Å². The Balaban J connectivity index is 1.69. The normalized spacial score (nSPS) is 11.8. The fourth-order valence-electron chi connectivity index (χ4n) is 3.00. The van der Waals surface area contributed by atoms with Gasteiger partial charge in [0.05, 0.1) is 18.4 Å². The number of aromatic nitrogens is 1. The van der Waals surface area contributed by atoms with Crippen molar-refractivity contribution in [3.8, 4) is 27.6 Å². The third-order valence-corrected chi connectivity index (χ3v) is 5.28. The Labute approximate surface area is 164 Å². The lowest BCUT2D eigenvalue weighted by Gasteiger charge is -2.12. The van der Waals surface area contributed by atoms with Gasteiger partial charge >= 0.3 is 0 Å². The first-order valence-corrected chi connectivity index (χ1v) is 9.90. The molecule has 3 rings (SSSR count). The SMILES string of the molecule is COc1ccccc1-c1nc(-c2ccc(CC[C@H](C)NC(C)=O)cc2)cs1. The largest absolute Gasteiger partial charge is 0.496 e. The maximum Gasteiger partial charge on any atom is 0.217 e. The molecule has 2 aromatic carbocycles. The van der Waals surface area contributed by atoms with E-state index >= 15 is 0 Å². The number of ether oxygens (including phenoxy) is 1. The first kappa shape index (κ1) is 19.1. The zero-order valence-corrected chi connectivity index (χ0v) is 16.7. The van der Waals surface area contributed by atoms with Crippen LogP contribution in [-0.2, 0) is 11.2 Å². The summed E-state index contributed by atoms with van der Waals surface area (Å²) in [7, 11) is 1.68. The van der Waals surface area contributed by atoms with E-state index in [-0.39, 0.29) is 11.9 Å². The van der Waals surface area contributed by atoms with Crippen LogP contribution in [0.4, 0.5) is 0 Å². The lowest BCUT2D eigenvalue weighted by molar-refractivity contribution is -0.119. The van der Waals surface area contributed by atoms with Crippen molar-refractivity contribution in [3.63, 3.8) is 0 Å². The van der Waals surface area contributed by atoms with Crippen LogP contribution in [0.15, 0.2) is 53.9 Å². The Morgan fingerprint density at radius 3 is 2.63 bits per heavy atom. The van der Waals surface area contributed by atoms with Crippen LogP contribution < -0.4 is 10.1 Å². The number of benzene rings is 2. The Bertz CT molecular complexity index is 903. The van der Waals surface area contributed by atoms with Gasteiger partial charge in [0.1, 0.15) is 10.8 Å². The van der Waals surface area contributed by atoms with Crippen LogP contribution in [0.1, 0.15) is 25.8 Å². The van der Waals surface area contributed by atoms with Crippen LogP contribution >= 0.6 is 11.3 Å². The Kier molecular flexibility index (Phi) is 6.24. The second-order valence-corrected chi connectivity index (χ2v) is 7.43. The van der Waals surface area contributed by atoms with Crippen molar-refractivity contribution in [2.45, 2.75) is 32.7 Å². The van der Waals surface area contributed by atoms with Gasteiger partial charge in [-0.15, -0.1) is 11.3 Å². The Hall–Kier alpha value is -2.66. The average molecular weight is 381 g/mol. The molecule has 1 amide bonds. The fourth-order valence-corrected chi connectivity index (χ4v) is 3.85. The molecule has 27 heavy (non-hydrogen) atoms. The highest BCUT2D eigenvalue weighted by Crippen LogP contribution is 2.34. The van der Waals surface area contributed by atoms with Gasteiger partial charge in [0.2, 0.25) is 5.91 Å². The number of nitrogens with zero attached hydrogens (tertiary/aromatic N) is 1. The highest BCUT2D eigenvalue weighted by atomic mass is 32.1. The predicted molar refractivity (Wildman–Crippen MR) is 111 cm³/mol. The quantitative estimate of drug-likeness (QED) is 0.631. The summed E-state index contributed by atoms with van der Waals surface area (Å²) in [4.78, 5) is 15.9. The number of nitrogens with one attached hydrogen (secondary N) is 1. The van der Waals surface area contributed by atoms with Gasteiger partial charge in [-0.05, 0) is 37.5 Å². The standard InChI is InChI=1S/C22H24N2O2S/c1-15(23-16(2)25)8-9-17-10-12-18(13-11-17)20-14-27-22(24-20)19-6-4-5-7-21(19)26-3/h4-7,10-15H,8-9H2,1-3H3,(H,23,25)/t15-/m0/s1. The van der Waals surface area contributed by atoms with Crippen molar-refractivity contribution in [2.24, 2.45) is 0 Å². The molecule has 0 unspecified atom stereocenters. The molecule has 0 bridgehead atoms. The summed E-state index contributed by atoms with van der Waals surface area (Å²) in [6.45, 7) is 3.59. The van der Waals surface area contributed by atoms with Crippen LogP contribution in [0, 0.1) is 0 Å². The Morgan fingerprint density at radius 1 is 1.19 bits per heavy atom. The maximum atomic E-state index is 11.1. The van der Waals surface area contributed by atoms with Gasteiger partial charge in [0, 0.05) is 23.9 Å². The monoisotopic (exact) mass is 380 g/mol. The van der Waals surface area contributed by atoms with Gasteiger partial charge in [-0.25, -0.2) is 4.98 Å².